The number of benzene rings is 4. The van der Waals surface area contributed by atoms with Crippen molar-refractivity contribution in [1.82, 2.24) is 0 Å². The standard InChI is InChI=1S/C23H14O7/c24-20-11-14-2-4-16(22(27)28)8-17(14)10-19(20)23(29)30-18-6-5-12-7-15(21(25)26)3-1-13(12)9-18/h1-11,24H,(H,25,26)(H,27,28). The Morgan fingerprint density at radius 1 is 0.633 bits per heavy atom. The van der Waals surface area contributed by atoms with E-state index in [9.17, 15) is 19.5 Å². The summed E-state index contributed by atoms with van der Waals surface area (Å²) >= 11 is 0. The van der Waals surface area contributed by atoms with E-state index in [2.05, 4.69) is 0 Å². The minimum absolute atomic E-state index is 0.0581. The topological polar surface area (TPSA) is 121 Å². The van der Waals surface area contributed by atoms with Crippen LogP contribution < -0.4 is 4.74 Å². The van der Waals surface area contributed by atoms with E-state index >= 15 is 0 Å². The molecule has 30 heavy (non-hydrogen) atoms. The first kappa shape index (κ1) is 18.9. The summed E-state index contributed by atoms with van der Waals surface area (Å²) in [7, 11) is 0. The molecule has 7 heteroatoms. The van der Waals surface area contributed by atoms with Gasteiger partial charge in [-0.1, -0.05) is 18.2 Å². The molecule has 0 saturated heterocycles. The van der Waals surface area contributed by atoms with Gasteiger partial charge < -0.3 is 20.1 Å². The Kier molecular flexibility index (Phi) is 4.56. The number of carboxylic acid groups (broad SMARTS) is 2. The number of rotatable bonds is 4. The van der Waals surface area contributed by atoms with E-state index < -0.39 is 17.9 Å². The first-order valence-electron chi connectivity index (χ1n) is 8.81. The maximum absolute atomic E-state index is 12.6. The SMILES string of the molecule is O=C(O)c1ccc2cc(OC(=O)c3cc4cc(C(=O)O)ccc4cc3O)ccc2c1. The Labute approximate surface area is 169 Å². The highest BCUT2D eigenvalue weighted by Crippen LogP contribution is 2.28. The zero-order valence-corrected chi connectivity index (χ0v) is 15.3. The first-order chi connectivity index (χ1) is 14.3. The summed E-state index contributed by atoms with van der Waals surface area (Å²) in [6.07, 6.45) is 0. The number of carbonyl (C=O) groups excluding carboxylic acids is 1. The summed E-state index contributed by atoms with van der Waals surface area (Å²) in [5, 5.41) is 30.8. The third-order valence-corrected chi connectivity index (χ3v) is 4.69. The Bertz CT molecular complexity index is 1350. The van der Waals surface area contributed by atoms with Crippen LogP contribution in [0, 0.1) is 0 Å². The second-order valence-corrected chi connectivity index (χ2v) is 6.65. The van der Waals surface area contributed by atoms with Crippen LogP contribution >= 0.6 is 0 Å². The van der Waals surface area contributed by atoms with Crippen molar-refractivity contribution in [2.45, 2.75) is 0 Å². The first-order valence-corrected chi connectivity index (χ1v) is 8.81. The second kappa shape index (κ2) is 7.21. The molecular formula is C23H14O7. The van der Waals surface area contributed by atoms with Crippen molar-refractivity contribution in [3.63, 3.8) is 0 Å². The second-order valence-electron chi connectivity index (χ2n) is 6.65. The highest BCUT2D eigenvalue weighted by molar-refractivity contribution is 6.02. The van der Waals surface area contributed by atoms with Crippen LogP contribution in [0.3, 0.4) is 0 Å². The van der Waals surface area contributed by atoms with Crippen molar-refractivity contribution < 1.29 is 34.4 Å². The van der Waals surface area contributed by atoms with Crippen molar-refractivity contribution in [1.29, 1.82) is 0 Å². The normalized spacial score (nSPS) is 10.8. The molecule has 4 aromatic rings. The van der Waals surface area contributed by atoms with E-state index in [0.29, 0.717) is 21.5 Å². The molecule has 0 amide bonds. The Morgan fingerprint density at radius 3 is 1.80 bits per heavy atom. The van der Waals surface area contributed by atoms with Crippen LogP contribution in [0.4, 0.5) is 0 Å². The van der Waals surface area contributed by atoms with E-state index in [1.165, 1.54) is 42.5 Å². The van der Waals surface area contributed by atoms with E-state index in [-0.39, 0.29) is 28.2 Å². The van der Waals surface area contributed by atoms with Crippen LogP contribution in [-0.4, -0.2) is 33.2 Å². The van der Waals surface area contributed by atoms with Crippen LogP contribution in [0.25, 0.3) is 21.5 Å². The number of phenols is 1. The van der Waals surface area contributed by atoms with Crippen molar-refractivity contribution in [3.05, 3.63) is 83.4 Å². The van der Waals surface area contributed by atoms with Crippen LogP contribution in [-0.2, 0) is 0 Å². The highest BCUT2D eigenvalue weighted by Gasteiger charge is 2.16. The van der Waals surface area contributed by atoms with Crippen molar-refractivity contribution in [2.24, 2.45) is 0 Å². The Morgan fingerprint density at radius 2 is 1.17 bits per heavy atom. The quantitative estimate of drug-likeness (QED) is 0.343. The fourth-order valence-electron chi connectivity index (χ4n) is 3.16. The molecule has 148 valence electrons. The summed E-state index contributed by atoms with van der Waals surface area (Å²) in [4.78, 5) is 34.8. The zero-order valence-electron chi connectivity index (χ0n) is 15.3. The molecular weight excluding hydrogens is 388 g/mol. The van der Waals surface area contributed by atoms with Gasteiger partial charge in [0, 0.05) is 0 Å². The molecule has 0 spiro atoms. The van der Waals surface area contributed by atoms with Crippen LogP contribution in [0.5, 0.6) is 11.5 Å². The number of ether oxygens (including phenoxy) is 1. The average molecular weight is 402 g/mol. The van der Waals surface area contributed by atoms with Gasteiger partial charge in [0.2, 0.25) is 0 Å². The zero-order chi connectivity index (χ0) is 21.4. The van der Waals surface area contributed by atoms with Gasteiger partial charge in [-0.25, -0.2) is 14.4 Å². The fourth-order valence-corrected chi connectivity index (χ4v) is 3.16. The van der Waals surface area contributed by atoms with Gasteiger partial charge in [-0.2, -0.15) is 0 Å². The molecule has 0 aromatic heterocycles. The number of aromatic carboxylic acids is 2. The number of esters is 1. The van der Waals surface area contributed by atoms with E-state index in [1.807, 2.05) is 0 Å². The van der Waals surface area contributed by atoms with Crippen molar-refractivity contribution >= 4 is 39.5 Å². The molecule has 0 atom stereocenters. The monoisotopic (exact) mass is 402 g/mol. The van der Waals surface area contributed by atoms with Crippen LogP contribution in [0.15, 0.2) is 66.7 Å². The largest absolute Gasteiger partial charge is 0.507 e. The molecule has 0 aliphatic carbocycles. The van der Waals surface area contributed by atoms with Crippen LogP contribution in [0.1, 0.15) is 31.1 Å². The minimum atomic E-state index is -1.10. The van der Waals surface area contributed by atoms with Gasteiger partial charge in [0.15, 0.2) is 0 Å². The maximum atomic E-state index is 12.6. The molecule has 4 aromatic carbocycles. The number of aromatic hydroxyl groups is 1. The van der Waals surface area contributed by atoms with Gasteiger partial charge in [-0.15, -0.1) is 0 Å². The minimum Gasteiger partial charge on any atom is -0.507 e. The number of carbonyl (C=O) groups is 3. The smallest absolute Gasteiger partial charge is 0.347 e. The summed E-state index contributed by atoms with van der Waals surface area (Å²) in [5.74, 6) is -3.02. The van der Waals surface area contributed by atoms with Gasteiger partial charge >= 0.3 is 17.9 Å². The van der Waals surface area contributed by atoms with Gasteiger partial charge in [0.25, 0.3) is 0 Å². The predicted molar refractivity (Wildman–Crippen MR) is 108 cm³/mol. The predicted octanol–water partition coefficient (Wildman–Crippen LogP) is 4.31. The molecule has 3 N–H and O–H groups in total. The number of hydrogen-bond acceptors (Lipinski definition) is 5. The lowest BCUT2D eigenvalue weighted by molar-refractivity contribution is 0.0686. The number of fused-ring (bicyclic) bond motifs is 2. The Hall–Kier alpha value is -4.39. The lowest BCUT2D eigenvalue weighted by atomic mass is 10.0. The van der Waals surface area contributed by atoms with E-state index in [0.717, 1.165) is 0 Å². The van der Waals surface area contributed by atoms with Gasteiger partial charge in [-0.05, 0) is 70.1 Å². The summed E-state index contributed by atoms with van der Waals surface area (Å²) in [5.41, 5.74) is 0.100. The number of carboxylic acids is 2. The number of phenolic OH excluding ortho intramolecular Hbond substituents is 1. The number of hydrogen-bond donors (Lipinski definition) is 3. The lowest BCUT2D eigenvalue weighted by Gasteiger charge is -2.09. The molecule has 0 saturated carbocycles. The molecule has 0 aliphatic heterocycles. The highest BCUT2D eigenvalue weighted by atomic mass is 16.5. The molecule has 0 radical (unpaired) electrons. The van der Waals surface area contributed by atoms with E-state index in [1.54, 1.807) is 24.3 Å². The summed E-state index contributed by atoms with van der Waals surface area (Å²) in [6.45, 7) is 0. The lowest BCUT2D eigenvalue weighted by Crippen LogP contribution is -2.09. The van der Waals surface area contributed by atoms with Crippen LogP contribution in [0.2, 0.25) is 0 Å². The fraction of sp³-hybridized carbons (Fsp3) is 0. The maximum Gasteiger partial charge on any atom is 0.347 e. The molecule has 0 aliphatic rings. The Balaban J connectivity index is 1.66. The van der Waals surface area contributed by atoms with Crippen molar-refractivity contribution in [2.75, 3.05) is 0 Å². The van der Waals surface area contributed by atoms with Gasteiger partial charge in [-0.3, -0.25) is 0 Å². The third-order valence-electron chi connectivity index (χ3n) is 4.69. The van der Waals surface area contributed by atoms with Crippen molar-refractivity contribution in [3.8, 4) is 11.5 Å². The average Bonchev–Trinajstić information content (AvgIpc) is 2.72. The molecule has 0 heterocycles. The van der Waals surface area contributed by atoms with Gasteiger partial charge in [0.1, 0.15) is 17.1 Å². The molecule has 4 rings (SSSR count). The van der Waals surface area contributed by atoms with Gasteiger partial charge in [0.05, 0.1) is 11.1 Å². The molecule has 7 nitrogen and oxygen atoms in total. The van der Waals surface area contributed by atoms with E-state index in [4.69, 9.17) is 14.9 Å². The summed E-state index contributed by atoms with van der Waals surface area (Å²) in [6, 6.07) is 16.4. The molecule has 0 fully saturated rings. The summed E-state index contributed by atoms with van der Waals surface area (Å²) < 4.78 is 5.36. The third kappa shape index (κ3) is 3.51. The molecule has 0 bridgehead atoms. The molecule has 0 unspecified atom stereocenters.